The number of hydrogen-bond donors (Lipinski definition) is 2. The van der Waals surface area contributed by atoms with E-state index in [4.69, 9.17) is 10.5 Å². The first-order chi connectivity index (χ1) is 10.5. The molecule has 1 aliphatic heterocycles. The molecule has 1 amide bonds. The summed E-state index contributed by atoms with van der Waals surface area (Å²) in [6.45, 7) is 8.28. The minimum absolute atomic E-state index is 0. The predicted octanol–water partition coefficient (Wildman–Crippen LogP) is 1.79. The van der Waals surface area contributed by atoms with Gasteiger partial charge in [0.1, 0.15) is 5.75 Å². The van der Waals surface area contributed by atoms with Crippen LogP contribution < -0.4 is 15.8 Å². The van der Waals surface area contributed by atoms with E-state index in [1.807, 2.05) is 31.2 Å². The lowest BCUT2D eigenvalue weighted by Gasteiger charge is -2.22. The number of nitrogens with zero attached hydrogens (tertiary/aromatic N) is 1. The summed E-state index contributed by atoms with van der Waals surface area (Å²) in [6.07, 6.45) is 1.06. The van der Waals surface area contributed by atoms with E-state index in [9.17, 15) is 4.79 Å². The average Bonchev–Trinajstić information content (AvgIpc) is 2.88. The van der Waals surface area contributed by atoms with Crippen LogP contribution >= 0.6 is 12.4 Å². The molecule has 130 valence electrons. The number of nitrogens with one attached hydrogen (secondary N) is 1. The normalized spacial score (nSPS) is 20.8. The van der Waals surface area contributed by atoms with E-state index < -0.39 is 0 Å². The Bertz CT molecular complexity index is 512. The first-order valence-electron chi connectivity index (χ1n) is 7.95. The number of benzene rings is 1. The fourth-order valence-electron chi connectivity index (χ4n) is 2.80. The first kappa shape index (κ1) is 19.7. The predicted molar refractivity (Wildman–Crippen MR) is 94.9 cm³/mol. The summed E-state index contributed by atoms with van der Waals surface area (Å²) in [5.74, 6) is 0.899. The molecule has 1 aromatic carbocycles. The molecule has 6 heteroatoms. The molecule has 0 saturated carbocycles. The highest BCUT2D eigenvalue weighted by molar-refractivity contribution is 5.85. The molecule has 0 spiro atoms. The van der Waals surface area contributed by atoms with E-state index in [0.29, 0.717) is 26.2 Å². The van der Waals surface area contributed by atoms with Crippen LogP contribution in [-0.4, -0.2) is 43.6 Å². The molecular formula is C17H28ClN3O2. The van der Waals surface area contributed by atoms with Crippen molar-refractivity contribution in [2.75, 3.05) is 32.8 Å². The summed E-state index contributed by atoms with van der Waals surface area (Å²) in [6, 6.07) is 7.82. The summed E-state index contributed by atoms with van der Waals surface area (Å²) < 4.78 is 5.46. The van der Waals surface area contributed by atoms with Crippen molar-refractivity contribution in [1.29, 1.82) is 0 Å². The smallest absolute Gasteiger partial charge is 0.234 e. The van der Waals surface area contributed by atoms with Crippen molar-refractivity contribution >= 4 is 18.3 Å². The zero-order valence-electron chi connectivity index (χ0n) is 14.0. The largest absolute Gasteiger partial charge is 0.494 e. The highest BCUT2D eigenvalue weighted by Gasteiger charge is 2.32. The van der Waals surface area contributed by atoms with Crippen molar-refractivity contribution < 1.29 is 9.53 Å². The number of halogens is 1. The molecule has 0 radical (unpaired) electrons. The Balaban J connectivity index is 0.00000264. The maximum Gasteiger partial charge on any atom is 0.234 e. The second-order valence-electron chi connectivity index (χ2n) is 6.33. The molecule has 1 atom stereocenters. The second kappa shape index (κ2) is 9.11. The fourth-order valence-corrected chi connectivity index (χ4v) is 2.80. The SMILES string of the molecule is CCOc1cccc(CNC(=O)CN2CCC(C)(CN)C2)c1.Cl. The molecule has 0 aliphatic carbocycles. The maximum atomic E-state index is 12.1. The van der Waals surface area contributed by atoms with Gasteiger partial charge >= 0.3 is 0 Å². The van der Waals surface area contributed by atoms with Crippen molar-refractivity contribution in [3.05, 3.63) is 29.8 Å². The highest BCUT2D eigenvalue weighted by Crippen LogP contribution is 2.27. The van der Waals surface area contributed by atoms with Gasteiger partial charge in [-0.2, -0.15) is 0 Å². The molecule has 23 heavy (non-hydrogen) atoms. The van der Waals surface area contributed by atoms with Crippen molar-refractivity contribution in [3.8, 4) is 5.75 Å². The molecule has 1 aliphatic rings. The minimum atomic E-state index is 0. The molecule has 0 aromatic heterocycles. The average molecular weight is 342 g/mol. The lowest BCUT2D eigenvalue weighted by atomic mass is 9.90. The lowest BCUT2D eigenvalue weighted by molar-refractivity contribution is -0.122. The van der Waals surface area contributed by atoms with Gasteiger partial charge in [0.15, 0.2) is 0 Å². The molecule has 1 aromatic rings. The molecule has 1 saturated heterocycles. The van der Waals surface area contributed by atoms with Gasteiger partial charge in [-0.05, 0) is 49.5 Å². The summed E-state index contributed by atoms with van der Waals surface area (Å²) in [7, 11) is 0. The monoisotopic (exact) mass is 341 g/mol. The fraction of sp³-hybridized carbons (Fsp3) is 0.588. The van der Waals surface area contributed by atoms with Crippen molar-refractivity contribution in [2.45, 2.75) is 26.8 Å². The molecule has 1 heterocycles. The Labute approximate surface area is 145 Å². The van der Waals surface area contributed by atoms with E-state index in [1.165, 1.54) is 0 Å². The van der Waals surface area contributed by atoms with E-state index >= 15 is 0 Å². The van der Waals surface area contributed by atoms with Gasteiger partial charge in [0.25, 0.3) is 0 Å². The van der Waals surface area contributed by atoms with Gasteiger partial charge in [-0.1, -0.05) is 19.1 Å². The van der Waals surface area contributed by atoms with Gasteiger partial charge in [0.2, 0.25) is 5.91 Å². The Kier molecular flexibility index (Phi) is 7.82. The summed E-state index contributed by atoms with van der Waals surface area (Å²) in [5.41, 5.74) is 7.00. The van der Waals surface area contributed by atoms with Crippen molar-refractivity contribution in [3.63, 3.8) is 0 Å². The molecule has 3 N–H and O–H groups in total. The van der Waals surface area contributed by atoms with E-state index in [0.717, 1.165) is 30.8 Å². The van der Waals surface area contributed by atoms with E-state index in [-0.39, 0.29) is 23.7 Å². The van der Waals surface area contributed by atoms with Crippen LogP contribution in [-0.2, 0) is 11.3 Å². The summed E-state index contributed by atoms with van der Waals surface area (Å²) >= 11 is 0. The summed E-state index contributed by atoms with van der Waals surface area (Å²) in [4.78, 5) is 14.2. The third-order valence-corrected chi connectivity index (χ3v) is 4.20. The standard InChI is InChI=1S/C17H27N3O2.ClH/c1-3-22-15-6-4-5-14(9-15)10-19-16(21)11-20-8-7-17(2,12-18)13-20;/h4-6,9H,3,7-8,10-13,18H2,1-2H3,(H,19,21);1H. The molecule has 2 rings (SSSR count). The Morgan fingerprint density at radius 3 is 2.91 bits per heavy atom. The summed E-state index contributed by atoms with van der Waals surface area (Å²) in [5, 5.41) is 2.97. The molecule has 5 nitrogen and oxygen atoms in total. The van der Waals surface area contributed by atoms with Gasteiger partial charge in [-0.25, -0.2) is 0 Å². The van der Waals surface area contributed by atoms with Crippen LogP contribution in [0, 0.1) is 5.41 Å². The Hall–Kier alpha value is -1.30. The number of nitrogens with two attached hydrogens (primary N) is 1. The van der Waals surface area contributed by atoms with Gasteiger partial charge in [0, 0.05) is 13.1 Å². The topological polar surface area (TPSA) is 67.6 Å². The number of likely N-dealkylation sites (tertiary alicyclic amines) is 1. The number of carbonyl (C=O) groups is 1. The maximum absolute atomic E-state index is 12.1. The number of carbonyl (C=O) groups excluding carboxylic acids is 1. The number of hydrogen-bond acceptors (Lipinski definition) is 4. The van der Waals surface area contributed by atoms with Gasteiger partial charge in [0.05, 0.1) is 13.2 Å². The van der Waals surface area contributed by atoms with Gasteiger partial charge < -0.3 is 15.8 Å². The van der Waals surface area contributed by atoms with E-state index in [2.05, 4.69) is 17.1 Å². The van der Waals surface area contributed by atoms with Gasteiger partial charge in [-0.3, -0.25) is 9.69 Å². The quantitative estimate of drug-likeness (QED) is 0.793. The second-order valence-corrected chi connectivity index (χ2v) is 6.33. The Morgan fingerprint density at radius 2 is 2.26 bits per heavy atom. The minimum Gasteiger partial charge on any atom is -0.494 e. The molecule has 1 fully saturated rings. The first-order valence-corrected chi connectivity index (χ1v) is 7.95. The zero-order valence-corrected chi connectivity index (χ0v) is 14.8. The van der Waals surface area contributed by atoms with Crippen LogP contribution in [0.5, 0.6) is 5.75 Å². The third kappa shape index (κ3) is 6.01. The van der Waals surface area contributed by atoms with Crippen LogP contribution in [0.1, 0.15) is 25.8 Å². The van der Waals surface area contributed by atoms with E-state index in [1.54, 1.807) is 0 Å². The van der Waals surface area contributed by atoms with Crippen LogP contribution in [0.3, 0.4) is 0 Å². The van der Waals surface area contributed by atoms with Crippen molar-refractivity contribution in [1.82, 2.24) is 10.2 Å². The molecule has 0 bridgehead atoms. The highest BCUT2D eigenvalue weighted by atomic mass is 35.5. The molecule has 1 unspecified atom stereocenters. The van der Waals surface area contributed by atoms with Gasteiger partial charge in [-0.15, -0.1) is 12.4 Å². The third-order valence-electron chi connectivity index (χ3n) is 4.20. The van der Waals surface area contributed by atoms with Crippen LogP contribution in [0.15, 0.2) is 24.3 Å². The lowest BCUT2D eigenvalue weighted by Crippen LogP contribution is -2.38. The number of rotatable bonds is 7. The van der Waals surface area contributed by atoms with Crippen molar-refractivity contribution in [2.24, 2.45) is 11.1 Å². The number of amides is 1. The molecular weight excluding hydrogens is 314 g/mol. The Morgan fingerprint density at radius 1 is 1.48 bits per heavy atom. The van der Waals surface area contributed by atoms with Crippen LogP contribution in [0.4, 0.5) is 0 Å². The number of ether oxygens (including phenoxy) is 1. The van der Waals surface area contributed by atoms with Crippen LogP contribution in [0.25, 0.3) is 0 Å². The zero-order chi connectivity index (χ0) is 16.0. The van der Waals surface area contributed by atoms with Crippen LogP contribution in [0.2, 0.25) is 0 Å².